The first kappa shape index (κ1) is 22.8. The molecule has 0 aliphatic heterocycles. The summed E-state index contributed by atoms with van der Waals surface area (Å²) in [7, 11) is -3.27. The van der Waals surface area contributed by atoms with Gasteiger partial charge in [-0.25, -0.2) is 0 Å². The van der Waals surface area contributed by atoms with Crippen molar-refractivity contribution in [1.29, 1.82) is 0 Å². The van der Waals surface area contributed by atoms with Gasteiger partial charge in [0.05, 0.1) is 0 Å². The molecule has 1 N–H and O–H groups in total. The zero-order valence-electron chi connectivity index (χ0n) is 20.3. The van der Waals surface area contributed by atoms with Gasteiger partial charge in [0.1, 0.15) is 0 Å². The van der Waals surface area contributed by atoms with Crippen LogP contribution in [0, 0.1) is 0 Å². The molecule has 0 unspecified atom stereocenters. The number of fused-ring (bicyclic) bond motifs is 3. The Kier molecular flexibility index (Phi) is 6.27. The normalized spacial score (nSPS) is 14.8. The van der Waals surface area contributed by atoms with Crippen molar-refractivity contribution in [3.8, 4) is 0 Å². The molecule has 0 aliphatic carbocycles. The third kappa shape index (κ3) is 3.38. The number of aromatic amines is 1. The van der Waals surface area contributed by atoms with Gasteiger partial charge < -0.3 is 0 Å². The summed E-state index contributed by atoms with van der Waals surface area (Å²) in [6.07, 6.45) is 0. The van der Waals surface area contributed by atoms with Crippen molar-refractivity contribution in [2.24, 2.45) is 0 Å². The maximum absolute atomic E-state index is 4.02. The number of benzene rings is 2. The van der Waals surface area contributed by atoms with Gasteiger partial charge in [0, 0.05) is 0 Å². The predicted molar refractivity (Wildman–Crippen MR) is 144 cm³/mol. The first-order valence-corrected chi connectivity index (χ1v) is 16.8. The van der Waals surface area contributed by atoms with Crippen LogP contribution in [-0.4, -0.2) is 40.9 Å². The maximum atomic E-state index is 4.02. The summed E-state index contributed by atoms with van der Waals surface area (Å²) in [4.78, 5) is 4.02. The summed E-state index contributed by atoms with van der Waals surface area (Å²) in [5, 5.41) is 6.06. The fourth-order valence-corrected chi connectivity index (χ4v) is 13.0. The van der Waals surface area contributed by atoms with Crippen molar-refractivity contribution in [1.82, 2.24) is 4.98 Å². The van der Waals surface area contributed by atoms with Gasteiger partial charge in [0.25, 0.3) is 0 Å². The SMILES string of the molecule is CC(C)[PH](C)(c1cccc2c1[nH]c1c([PH](C)(C(C)C)C(C)C)cccc12)C(C)C. The van der Waals surface area contributed by atoms with Crippen molar-refractivity contribution in [3.63, 3.8) is 0 Å². The van der Waals surface area contributed by atoms with Crippen LogP contribution in [0.25, 0.3) is 21.8 Å². The van der Waals surface area contributed by atoms with E-state index in [0.717, 1.165) is 0 Å². The van der Waals surface area contributed by atoms with E-state index >= 15 is 0 Å². The summed E-state index contributed by atoms with van der Waals surface area (Å²) in [5.74, 6) is 0. The van der Waals surface area contributed by atoms with Crippen LogP contribution in [0.4, 0.5) is 0 Å². The molecule has 1 nitrogen and oxygen atoms in total. The molecule has 0 bridgehead atoms. The zero-order valence-corrected chi connectivity index (χ0v) is 22.3. The number of hydrogen-bond donors (Lipinski definition) is 1. The number of para-hydroxylation sites is 2. The van der Waals surface area contributed by atoms with E-state index in [9.17, 15) is 0 Å². The average molecular weight is 432 g/mol. The van der Waals surface area contributed by atoms with E-state index in [1.807, 2.05) is 0 Å². The molecule has 3 rings (SSSR count). The van der Waals surface area contributed by atoms with Crippen LogP contribution in [0.5, 0.6) is 0 Å². The van der Waals surface area contributed by atoms with Crippen LogP contribution < -0.4 is 10.6 Å². The Bertz CT molecular complexity index is 914. The van der Waals surface area contributed by atoms with Crippen LogP contribution >= 0.6 is 14.5 Å². The van der Waals surface area contributed by atoms with Crippen LogP contribution in [0.15, 0.2) is 36.4 Å². The fraction of sp³-hybridized carbons (Fsp3) is 0.538. The molecule has 0 aliphatic rings. The van der Waals surface area contributed by atoms with Gasteiger partial charge in [-0.2, -0.15) is 0 Å². The van der Waals surface area contributed by atoms with E-state index in [0.29, 0.717) is 22.6 Å². The van der Waals surface area contributed by atoms with Crippen molar-refractivity contribution >= 4 is 46.9 Å². The summed E-state index contributed by atoms with van der Waals surface area (Å²) < 4.78 is 0. The van der Waals surface area contributed by atoms with Gasteiger partial charge >= 0.3 is 180 Å². The molecule has 0 saturated carbocycles. The van der Waals surface area contributed by atoms with Gasteiger partial charge in [0.2, 0.25) is 0 Å². The van der Waals surface area contributed by atoms with Crippen LogP contribution in [0.2, 0.25) is 0 Å². The Balaban J connectivity index is 2.41. The second-order valence-electron chi connectivity index (χ2n) is 10.8. The zero-order chi connectivity index (χ0) is 21.7. The van der Waals surface area contributed by atoms with E-state index in [-0.39, 0.29) is 0 Å². The summed E-state index contributed by atoms with van der Waals surface area (Å²) in [6, 6.07) is 14.1. The molecule has 2 aromatic carbocycles. The predicted octanol–water partition coefficient (Wildman–Crippen LogP) is 6.96. The van der Waals surface area contributed by atoms with Crippen molar-refractivity contribution < 1.29 is 0 Å². The van der Waals surface area contributed by atoms with Gasteiger partial charge in [-0.05, 0) is 0 Å². The first-order chi connectivity index (χ1) is 13.5. The Morgan fingerprint density at radius 2 is 0.862 bits per heavy atom. The Morgan fingerprint density at radius 3 is 1.14 bits per heavy atom. The summed E-state index contributed by atoms with van der Waals surface area (Å²) >= 11 is 0. The van der Waals surface area contributed by atoms with Crippen LogP contribution in [0.1, 0.15) is 55.4 Å². The van der Waals surface area contributed by atoms with E-state index in [1.54, 1.807) is 10.6 Å². The van der Waals surface area contributed by atoms with Gasteiger partial charge in [-0.3, -0.25) is 0 Å². The number of rotatable bonds is 6. The Hall–Kier alpha value is -0.900. The molecule has 0 saturated heterocycles. The second-order valence-corrected chi connectivity index (χ2v) is 21.6. The van der Waals surface area contributed by atoms with Crippen molar-refractivity contribution in [2.45, 2.75) is 78.0 Å². The molecule has 3 heteroatoms. The Labute approximate surface area is 179 Å². The molecule has 162 valence electrons. The molecule has 0 fully saturated rings. The topological polar surface area (TPSA) is 15.8 Å². The molecule has 1 heterocycles. The van der Waals surface area contributed by atoms with E-state index < -0.39 is 14.5 Å². The van der Waals surface area contributed by atoms with Crippen LogP contribution in [-0.2, 0) is 0 Å². The van der Waals surface area contributed by atoms with E-state index in [1.165, 1.54) is 21.8 Å². The fourth-order valence-electron chi connectivity index (χ4n) is 5.42. The van der Waals surface area contributed by atoms with E-state index in [2.05, 4.69) is 110 Å². The van der Waals surface area contributed by atoms with Gasteiger partial charge in [0.15, 0.2) is 0 Å². The molecule has 0 atom stereocenters. The number of nitrogens with one attached hydrogen (secondary N) is 1. The molecule has 0 spiro atoms. The molecule has 0 amide bonds. The third-order valence-corrected chi connectivity index (χ3v) is 21.4. The quantitative estimate of drug-likeness (QED) is 0.406. The average Bonchev–Trinajstić information content (AvgIpc) is 3.04. The van der Waals surface area contributed by atoms with Gasteiger partial charge in [-0.1, -0.05) is 0 Å². The minimum atomic E-state index is -1.63. The molecule has 3 aromatic rings. The minimum absolute atomic E-state index is 0.713. The van der Waals surface area contributed by atoms with Crippen molar-refractivity contribution in [3.05, 3.63) is 36.4 Å². The van der Waals surface area contributed by atoms with Crippen molar-refractivity contribution in [2.75, 3.05) is 13.3 Å². The molecule has 29 heavy (non-hydrogen) atoms. The number of H-pyrrole nitrogens is 1. The monoisotopic (exact) mass is 431 g/mol. The third-order valence-electron chi connectivity index (χ3n) is 8.63. The second kappa shape index (κ2) is 7.98. The van der Waals surface area contributed by atoms with Crippen LogP contribution in [0.3, 0.4) is 0 Å². The summed E-state index contributed by atoms with van der Waals surface area (Å²) in [5.41, 5.74) is 5.68. The number of hydrogen-bond acceptors (Lipinski definition) is 0. The molecular formula is C26H43NP2. The molecular weight excluding hydrogens is 388 g/mol. The number of aromatic nitrogens is 1. The standard InChI is InChI=1S/C26H43NP2/c1-17(2)28(9,18(3)4)23-15-11-13-21-22-14-12-16-24(26(22)27-25(21)23)29(10,19(5)6)20(7)8/h11-20,27-29H,1-10H3. The van der Waals surface area contributed by atoms with Gasteiger partial charge in [-0.15, -0.1) is 0 Å². The summed E-state index contributed by atoms with van der Waals surface area (Å²) in [6.45, 7) is 24.6. The first-order valence-electron chi connectivity index (χ1n) is 11.5. The van der Waals surface area contributed by atoms with E-state index in [4.69, 9.17) is 0 Å². The molecule has 0 radical (unpaired) electrons. The molecule has 1 aromatic heterocycles. The Morgan fingerprint density at radius 1 is 0.552 bits per heavy atom.